The zero-order valence-corrected chi connectivity index (χ0v) is 8.30. The number of alkyl halides is 3. The predicted octanol–water partition coefficient (Wildman–Crippen LogP) is 2.53. The Bertz CT molecular complexity index is 404. The number of aromatic nitrogens is 1. The summed E-state index contributed by atoms with van der Waals surface area (Å²) in [4.78, 5) is 3.49. The van der Waals surface area contributed by atoms with Gasteiger partial charge < -0.3 is 5.11 Å². The Labute approximate surface area is 89.9 Å². The molecule has 0 aromatic carbocycles. The summed E-state index contributed by atoms with van der Waals surface area (Å²) in [6.07, 6.45) is -3.04. The van der Waals surface area contributed by atoms with E-state index in [1.165, 1.54) is 6.07 Å². The minimum absolute atomic E-state index is 0.0432. The Morgan fingerprint density at radius 1 is 1.60 bits per heavy atom. The van der Waals surface area contributed by atoms with Crippen LogP contribution in [0, 0.1) is 11.3 Å². The van der Waals surface area contributed by atoms with Crippen LogP contribution in [0.5, 0.6) is 5.75 Å². The Kier molecular flexibility index (Phi) is 3.81. The largest absolute Gasteiger partial charge is 0.505 e. The molecule has 1 rings (SSSR count). The minimum Gasteiger partial charge on any atom is -0.505 e. The summed E-state index contributed by atoms with van der Waals surface area (Å²) in [6, 6.07) is 3.11. The molecule has 3 nitrogen and oxygen atoms in total. The van der Waals surface area contributed by atoms with Crippen molar-refractivity contribution in [2.24, 2.45) is 0 Å². The molecule has 6 heteroatoms. The molecule has 1 heterocycles. The van der Waals surface area contributed by atoms with Crippen LogP contribution in [-0.4, -0.2) is 10.1 Å². The van der Waals surface area contributed by atoms with E-state index < -0.39 is 17.9 Å². The molecule has 0 unspecified atom stereocenters. The highest BCUT2D eigenvalue weighted by Crippen LogP contribution is 2.30. The highest BCUT2D eigenvalue weighted by atomic mass is 35.5. The molecule has 1 aromatic heterocycles. The molecular formula is C9H7ClF2N2O. The molecule has 0 bridgehead atoms. The first kappa shape index (κ1) is 11.7. The fourth-order valence-electron chi connectivity index (χ4n) is 1.11. The lowest BCUT2D eigenvalue weighted by Gasteiger charge is -2.08. The zero-order valence-electron chi connectivity index (χ0n) is 7.54. The van der Waals surface area contributed by atoms with Crippen molar-refractivity contribution in [2.75, 3.05) is 0 Å². The molecule has 15 heavy (non-hydrogen) atoms. The molecule has 80 valence electrons. The van der Waals surface area contributed by atoms with Crippen LogP contribution in [0.1, 0.15) is 23.4 Å². The van der Waals surface area contributed by atoms with Crippen LogP contribution in [0.3, 0.4) is 0 Å². The number of rotatable bonds is 3. The number of aromatic hydroxyl groups is 1. The van der Waals surface area contributed by atoms with Crippen LogP contribution in [0.4, 0.5) is 8.78 Å². The van der Waals surface area contributed by atoms with Gasteiger partial charge in [0.25, 0.3) is 6.43 Å². The summed E-state index contributed by atoms with van der Waals surface area (Å²) in [5.41, 5.74) is -0.383. The SMILES string of the molecule is N#CCc1cc(CCl)nc(C(F)F)c1O. The van der Waals surface area contributed by atoms with Crippen molar-refractivity contribution in [3.05, 3.63) is 23.0 Å². The average molecular weight is 233 g/mol. The predicted molar refractivity (Wildman–Crippen MR) is 49.7 cm³/mol. The van der Waals surface area contributed by atoms with Crippen molar-refractivity contribution in [1.29, 1.82) is 5.26 Å². The zero-order chi connectivity index (χ0) is 11.4. The van der Waals surface area contributed by atoms with Crippen LogP contribution in [-0.2, 0) is 12.3 Å². The second kappa shape index (κ2) is 4.89. The molecule has 0 atom stereocenters. The van der Waals surface area contributed by atoms with E-state index in [1.54, 1.807) is 6.07 Å². The van der Waals surface area contributed by atoms with Gasteiger partial charge in [-0.2, -0.15) is 5.26 Å². The molecule has 0 fully saturated rings. The Morgan fingerprint density at radius 2 is 2.27 bits per heavy atom. The first-order valence-electron chi connectivity index (χ1n) is 4.02. The monoisotopic (exact) mass is 232 g/mol. The number of nitriles is 1. The van der Waals surface area contributed by atoms with E-state index in [9.17, 15) is 13.9 Å². The molecule has 0 saturated carbocycles. The van der Waals surface area contributed by atoms with Crippen molar-refractivity contribution in [1.82, 2.24) is 4.98 Å². The second-order valence-corrected chi connectivity index (χ2v) is 3.04. The van der Waals surface area contributed by atoms with Crippen LogP contribution >= 0.6 is 11.6 Å². The van der Waals surface area contributed by atoms with Gasteiger partial charge in [-0.15, -0.1) is 11.6 Å². The van der Waals surface area contributed by atoms with E-state index in [0.29, 0.717) is 0 Å². The van der Waals surface area contributed by atoms with Crippen LogP contribution < -0.4 is 0 Å². The molecule has 0 aliphatic heterocycles. The van der Waals surface area contributed by atoms with Crippen LogP contribution in [0.25, 0.3) is 0 Å². The van der Waals surface area contributed by atoms with Crippen LogP contribution in [0.15, 0.2) is 6.07 Å². The molecule has 0 amide bonds. The number of hydrogen-bond acceptors (Lipinski definition) is 3. The maximum absolute atomic E-state index is 12.4. The van der Waals surface area contributed by atoms with Crippen molar-refractivity contribution in [2.45, 2.75) is 18.7 Å². The minimum atomic E-state index is -2.88. The lowest BCUT2D eigenvalue weighted by atomic mass is 10.1. The number of nitrogens with zero attached hydrogens (tertiary/aromatic N) is 2. The molecule has 0 saturated heterocycles. The van der Waals surface area contributed by atoms with Gasteiger partial charge >= 0.3 is 0 Å². The molecular weight excluding hydrogens is 226 g/mol. The molecule has 0 aliphatic rings. The summed E-state index contributed by atoms with van der Waals surface area (Å²) < 4.78 is 24.8. The van der Waals surface area contributed by atoms with E-state index in [1.807, 2.05) is 0 Å². The maximum Gasteiger partial charge on any atom is 0.284 e. The summed E-state index contributed by atoms with van der Waals surface area (Å²) in [5.74, 6) is -0.668. The summed E-state index contributed by atoms with van der Waals surface area (Å²) in [5, 5.41) is 17.8. The summed E-state index contributed by atoms with van der Waals surface area (Å²) in [6.45, 7) is 0. The van der Waals surface area contributed by atoms with Gasteiger partial charge in [0.05, 0.1) is 24.1 Å². The first-order valence-corrected chi connectivity index (χ1v) is 4.56. The number of halogens is 3. The third kappa shape index (κ3) is 2.54. The highest BCUT2D eigenvalue weighted by Gasteiger charge is 2.19. The summed E-state index contributed by atoms with van der Waals surface area (Å²) >= 11 is 5.46. The third-order valence-corrected chi connectivity index (χ3v) is 2.04. The Balaban J connectivity index is 3.28. The van der Waals surface area contributed by atoms with Gasteiger partial charge in [0.15, 0.2) is 0 Å². The fourth-order valence-corrected chi connectivity index (χ4v) is 1.25. The van der Waals surface area contributed by atoms with E-state index >= 15 is 0 Å². The second-order valence-electron chi connectivity index (χ2n) is 2.78. The van der Waals surface area contributed by atoms with E-state index in [0.717, 1.165) is 0 Å². The highest BCUT2D eigenvalue weighted by molar-refractivity contribution is 6.16. The molecule has 0 radical (unpaired) electrons. The lowest BCUT2D eigenvalue weighted by molar-refractivity contribution is 0.141. The van der Waals surface area contributed by atoms with Crippen molar-refractivity contribution in [3.63, 3.8) is 0 Å². The van der Waals surface area contributed by atoms with Gasteiger partial charge in [0, 0.05) is 5.56 Å². The number of pyridine rings is 1. The van der Waals surface area contributed by atoms with Crippen molar-refractivity contribution < 1.29 is 13.9 Å². The molecule has 0 spiro atoms. The Morgan fingerprint density at radius 3 is 2.73 bits per heavy atom. The normalized spacial score (nSPS) is 10.3. The first-order chi connectivity index (χ1) is 7.10. The van der Waals surface area contributed by atoms with Crippen molar-refractivity contribution >= 4 is 11.6 Å². The fraction of sp³-hybridized carbons (Fsp3) is 0.333. The van der Waals surface area contributed by atoms with Gasteiger partial charge in [-0.1, -0.05) is 0 Å². The quantitative estimate of drug-likeness (QED) is 0.815. The van der Waals surface area contributed by atoms with Gasteiger partial charge in [-0.25, -0.2) is 13.8 Å². The third-order valence-electron chi connectivity index (χ3n) is 1.76. The van der Waals surface area contributed by atoms with Gasteiger partial charge in [-0.3, -0.25) is 0 Å². The van der Waals surface area contributed by atoms with Crippen LogP contribution in [0.2, 0.25) is 0 Å². The van der Waals surface area contributed by atoms with E-state index in [4.69, 9.17) is 16.9 Å². The van der Waals surface area contributed by atoms with E-state index in [-0.39, 0.29) is 23.6 Å². The maximum atomic E-state index is 12.4. The molecule has 1 N–H and O–H groups in total. The molecule has 1 aromatic rings. The van der Waals surface area contributed by atoms with Gasteiger partial charge in [0.2, 0.25) is 0 Å². The average Bonchev–Trinajstić information content (AvgIpc) is 2.21. The van der Waals surface area contributed by atoms with Gasteiger partial charge in [-0.05, 0) is 6.07 Å². The smallest absolute Gasteiger partial charge is 0.284 e. The van der Waals surface area contributed by atoms with E-state index in [2.05, 4.69) is 4.98 Å². The van der Waals surface area contributed by atoms with Gasteiger partial charge in [0.1, 0.15) is 11.4 Å². The molecule has 0 aliphatic carbocycles. The van der Waals surface area contributed by atoms with Crippen molar-refractivity contribution in [3.8, 4) is 11.8 Å². The lowest BCUT2D eigenvalue weighted by Crippen LogP contribution is -1.99. The summed E-state index contributed by atoms with van der Waals surface area (Å²) in [7, 11) is 0. The Hall–Kier alpha value is -1.41. The number of hydrogen-bond donors (Lipinski definition) is 1. The standard InChI is InChI=1S/C9H7ClF2N2O/c10-4-6-3-5(1-2-13)8(15)7(14-6)9(11)12/h3,9,15H,1,4H2. The topological polar surface area (TPSA) is 56.9 Å².